The molecule has 130 valence electrons. The third-order valence-electron chi connectivity index (χ3n) is 4.96. The van der Waals surface area contributed by atoms with Gasteiger partial charge in [-0.05, 0) is 38.7 Å². The van der Waals surface area contributed by atoms with E-state index in [9.17, 15) is 0 Å². The SMILES string of the molecule is CCn1cc([C@@H]2OCC[C@H]2CN[C@@H](C)CCc2ccccc2)cn1. The van der Waals surface area contributed by atoms with Crippen molar-refractivity contribution < 1.29 is 4.74 Å². The van der Waals surface area contributed by atoms with Gasteiger partial charge >= 0.3 is 0 Å². The minimum absolute atomic E-state index is 0.194. The molecule has 0 amide bonds. The Morgan fingerprint density at radius 2 is 2.17 bits per heavy atom. The van der Waals surface area contributed by atoms with Crippen molar-refractivity contribution in [1.29, 1.82) is 0 Å². The first kappa shape index (κ1) is 17.2. The van der Waals surface area contributed by atoms with Crippen LogP contribution >= 0.6 is 0 Å². The summed E-state index contributed by atoms with van der Waals surface area (Å²) in [6.07, 6.45) is 7.70. The molecule has 1 aliphatic rings. The molecule has 0 saturated carbocycles. The van der Waals surface area contributed by atoms with Crippen molar-refractivity contribution in [3.8, 4) is 0 Å². The Hall–Kier alpha value is -1.65. The fraction of sp³-hybridized carbons (Fsp3) is 0.550. The van der Waals surface area contributed by atoms with Crippen LogP contribution < -0.4 is 5.32 Å². The third-order valence-corrected chi connectivity index (χ3v) is 4.96. The van der Waals surface area contributed by atoms with Crippen LogP contribution in [0, 0.1) is 5.92 Å². The smallest absolute Gasteiger partial charge is 0.0896 e. The van der Waals surface area contributed by atoms with Crippen molar-refractivity contribution in [1.82, 2.24) is 15.1 Å². The Morgan fingerprint density at radius 1 is 1.33 bits per heavy atom. The van der Waals surface area contributed by atoms with Gasteiger partial charge in [-0.1, -0.05) is 30.3 Å². The van der Waals surface area contributed by atoms with Crippen LogP contribution in [0.1, 0.15) is 43.9 Å². The quantitative estimate of drug-likeness (QED) is 0.805. The highest BCUT2D eigenvalue weighted by Crippen LogP contribution is 2.33. The van der Waals surface area contributed by atoms with Gasteiger partial charge in [0.25, 0.3) is 0 Å². The molecule has 1 aromatic heterocycles. The van der Waals surface area contributed by atoms with Crippen molar-refractivity contribution in [2.24, 2.45) is 5.92 Å². The second-order valence-electron chi connectivity index (χ2n) is 6.80. The van der Waals surface area contributed by atoms with Gasteiger partial charge in [0.1, 0.15) is 0 Å². The molecule has 3 rings (SSSR count). The van der Waals surface area contributed by atoms with Crippen LogP contribution in [-0.2, 0) is 17.7 Å². The number of hydrogen-bond acceptors (Lipinski definition) is 3. The van der Waals surface area contributed by atoms with E-state index in [0.29, 0.717) is 12.0 Å². The number of ether oxygens (including phenoxy) is 1. The first-order valence-corrected chi connectivity index (χ1v) is 9.17. The molecule has 1 fully saturated rings. The van der Waals surface area contributed by atoms with Gasteiger partial charge in [-0.25, -0.2) is 0 Å². The monoisotopic (exact) mass is 327 g/mol. The molecule has 4 heteroatoms. The molecular weight excluding hydrogens is 298 g/mol. The first-order chi connectivity index (χ1) is 11.8. The van der Waals surface area contributed by atoms with E-state index >= 15 is 0 Å². The van der Waals surface area contributed by atoms with Crippen LogP contribution in [0.4, 0.5) is 0 Å². The summed E-state index contributed by atoms with van der Waals surface area (Å²) in [5.41, 5.74) is 2.64. The van der Waals surface area contributed by atoms with Crippen molar-refractivity contribution in [2.75, 3.05) is 13.2 Å². The lowest BCUT2D eigenvalue weighted by atomic mass is 9.96. The highest BCUT2D eigenvalue weighted by Gasteiger charge is 2.30. The van der Waals surface area contributed by atoms with Crippen molar-refractivity contribution in [3.05, 3.63) is 53.9 Å². The molecule has 1 N–H and O–H groups in total. The van der Waals surface area contributed by atoms with Crippen LogP contribution in [0.15, 0.2) is 42.7 Å². The largest absolute Gasteiger partial charge is 0.373 e. The summed E-state index contributed by atoms with van der Waals surface area (Å²) in [6.45, 7) is 7.17. The van der Waals surface area contributed by atoms with Crippen molar-refractivity contribution in [3.63, 3.8) is 0 Å². The van der Waals surface area contributed by atoms with E-state index in [1.165, 1.54) is 11.1 Å². The topological polar surface area (TPSA) is 39.1 Å². The molecule has 3 atom stereocenters. The Bertz CT molecular complexity index is 610. The summed E-state index contributed by atoms with van der Waals surface area (Å²) >= 11 is 0. The minimum atomic E-state index is 0.194. The Balaban J connectivity index is 1.46. The molecular formula is C20H29N3O. The van der Waals surface area contributed by atoms with Crippen LogP contribution in [-0.4, -0.2) is 29.0 Å². The predicted octanol–water partition coefficient (Wildman–Crippen LogP) is 3.59. The fourth-order valence-corrected chi connectivity index (χ4v) is 3.39. The van der Waals surface area contributed by atoms with E-state index in [2.05, 4.69) is 60.8 Å². The van der Waals surface area contributed by atoms with Crippen molar-refractivity contribution >= 4 is 0 Å². The number of aromatic nitrogens is 2. The summed E-state index contributed by atoms with van der Waals surface area (Å²) in [6, 6.07) is 11.2. The molecule has 0 radical (unpaired) electrons. The molecule has 0 aliphatic carbocycles. The van der Waals surface area contributed by atoms with Crippen LogP contribution in [0.25, 0.3) is 0 Å². The molecule has 4 nitrogen and oxygen atoms in total. The maximum Gasteiger partial charge on any atom is 0.0896 e. The molecule has 2 heterocycles. The third kappa shape index (κ3) is 4.46. The van der Waals surface area contributed by atoms with Crippen LogP contribution in [0.5, 0.6) is 0 Å². The number of nitrogens with one attached hydrogen (secondary N) is 1. The summed E-state index contributed by atoms with van der Waals surface area (Å²) in [4.78, 5) is 0. The van der Waals surface area contributed by atoms with Crippen LogP contribution in [0.3, 0.4) is 0 Å². The zero-order valence-corrected chi connectivity index (χ0v) is 14.8. The summed E-state index contributed by atoms with van der Waals surface area (Å²) in [5, 5.41) is 8.10. The number of aryl methyl sites for hydroxylation is 2. The lowest BCUT2D eigenvalue weighted by molar-refractivity contribution is 0.0898. The van der Waals surface area contributed by atoms with Gasteiger partial charge in [0.15, 0.2) is 0 Å². The van der Waals surface area contributed by atoms with E-state index in [1.54, 1.807) is 0 Å². The molecule has 2 aromatic rings. The van der Waals surface area contributed by atoms with Gasteiger partial charge in [0.05, 0.1) is 12.3 Å². The van der Waals surface area contributed by atoms with Gasteiger partial charge in [-0.3, -0.25) is 4.68 Å². The lowest BCUT2D eigenvalue weighted by Gasteiger charge is -2.21. The van der Waals surface area contributed by atoms with Gasteiger partial charge < -0.3 is 10.1 Å². The second kappa shape index (κ2) is 8.45. The molecule has 0 spiro atoms. The predicted molar refractivity (Wildman–Crippen MR) is 96.9 cm³/mol. The van der Waals surface area contributed by atoms with Gasteiger partial charge in [-0.15, -0.1) is 0 Å². The first-order valence-electron chi connectivity index (χ1n) is 9.17. The zero-order valence-electron chi connectivity index (χ0n) is 14.8. The average molecular weight is 327 g/mol. The van der Waals surface area contributed by atoms with Crippen molar-refractivity contribution in [2.45, 2.75) is 51.8 Å². The van der Waals surface area contributed by atoms with E-state index in [4.69, 9.17) is 4.74 Å². The molecule has 0 bridgehead atoms. The Kier molecular flexibility index (Phi) is 6.05. The Labute approximate surface area is 145 Å². The maximum absolute atomic E-state index is 5.98. The number of rotatable bonds is 8. The van der Waals surface area contributed by atoms with E-state index in [-0.39, 0.29) is 6.10 Å². The summed E-state index contributed by atoms with van der Waals surface area (Å²) in [5.74, 6) is 0.540. The minimum Gasteiger partial charge on any atom is -0.373 e. The normalized spacial score (nSPS) is 21.9. The molecule has 24 heavy (non-hydrogen) atoms. The summed E-state index contributed by atoms with van der Waals surface area (Å²) in [7, 11) is 0. The number of benzene rings is 1. The number of nitrogens with zero attached hydrogens (tertiary/aromatic N) is 2. The van der Waals surface area contributed by atoms with Gasteiger partial charge in [0, 0.05) is 43.4 Å². The average Bonchev–Trinajstić information content (AvgIpc) is 3.27. The highest BCUT2D eigenvalue weighted by molar-refractivity contribution is 5.15. The molecule has 1 aromatic carbocycles. The zero-order chi connectivity index (χ0) is 16.8. The maximum atomic E-state index is 5.98. The Morgan fingerprint density at radius 3 is 2.92 bits per heavy atom. The molecule has 1 saturated heterocycles. The fourth-order valence-electron chi connectivity index (χ4n) is 3.39. The van der Waals surface area contributed by atoms with E-state index in [0.717, 1.165) is 39.0 Å². The summed E-state index contributed by atoms with van der Waals surface area (Å²) < 4.78 is 7.95. The lowest BCUT2D eigenvalue weighted by Crippen LogP contribution is -2.32. The van der Waals surface area contributed by atoms with Gasteiger partial charge in [-0.2, -0.15) is 5.10 Å². The van der Waals surface area contributed by atoms with Crippen LogP contribution in [0.2, 0.25) is 0 Å². The number of hydrogen-bond donors (Lipinski definition) is 1. The van der Waals surface area contributed by atoms with E-state index in [1.807, 2.05) is 10.9 Å². The van der Waals surface area contributed by atoms with E-state index < -0.39 is 0 Å². The standard InChI is InChI=1S/C20H29N3O/c1-3-23-15-19(14-22-23)20-18(11-12-24-20)13-21-16(2)9-10-17-7-5-4-6-8-17/h4-8,14-16,18,20-21H,3,9-13H2,1-2H3/t16-,18-,20+/m0/s1. The molecule has 0 unspecified atom stereocenters. The second-order valence-corrected chi connectivity index (χ2v) is 6.80. The molecule has 1 aliphatic heterocycles. The highest BCUT2D eigenvalue weighted by atomic mass is 16.5. The van der Waals surface area contributed by atoms with Gasteiger partial charge in [0.2, 0.25) is 0 Å².